The van der Waals surface area contributed by atoms with Gasteiger partial charge in [0.05, 0.1) is 10.0 Å². The molecule has 0 saturated heterocycles. The highest BCUT2D eigenvalue weighted by Crippen LogP contribution is 2.23. The average molecular weight is 300 g/mol. The fourth-order valence-electron chi connectivity index (χ4n) is 1.43. The van der Waals surface area contributed by atoms with Crippen molar-refractivity contribution in [1.29, 1.82) is 5.41 Å². The topological polar surface area (TPSA) is 91.5 Å². The van der Waals surface area contributed by atoms with Crippen LogP contribution in [0.3, 0.4) is 0 Å². The van der Waals surface area contributed by atoms with E-state index in [0.717, 1.165) is 5.56 Å². The SMILES string of the molecule is C=CCN(Cc1ccc(Cl)c(Cl)c1)C(=N)N=C(N)N. The molecule has 0 bridgehead atoms. The highest BCUT2D eigenvalue weighted by molar-refractivity contribution is 6.42. The molecule has 0 saturated carbocycles. The van der Waals surface area contributed by atoms with E-state index in [1.54, 1.807) is 23.1 Å². The van der Waals surface area contributed by atoms with Crippen LogP contribution >= 0.6 is 23.2 Å². The summed E-state index contributed by atoms with van der Waals surface area (Å²) in [6.45, 7) is 4.51. The van der Waals surface area contributed by atoms with Gasteiger partial charge in [0.25, 0.3) is 0 Å². The van der Waals surface area contributed by atoms with Crippen molar-refractivity contribution in [2.24, 2.45) is 16.5 Å². The van der Waals surface area contributed by atoms with Crippen molar-refractivity contribution in [3.05, 3.63) is 46.5 Å². The van der Waals surface area contributed by atoms with E-state index in [0.29, 0.717) is 23.1 Å². The first-order valence-corrected chi connectivity index (χ1v) is 6.17. The first kappa shape index (κ1) is 15.3. The molecule has 0 amide bonds. The fourth-order valence-corrected chi connectivity index (χ4v) is 1.75. The monoisotopic (exact) mass is 299 g/mol. The Morgan fingerprint density at radius 3 is 2.58 bits per heavy atom. The van der Waals surface area contributed by atoms with E-state index in [1.165, 1.54) is 0 Å². The van der Waals surface area contributed by atoms with Crippen molar-refractivity contribution in [3.63, 3.8) is 0 Å². The van der Waals surface area contributed by atoms with Crippen LogP contribution in [0.15, 0.2) is 35.8 Å². The summed E-state index contributed by atoms with van der Waals surface area (Å²) in [5.74, 6) is -0.195. The van der Waals surface area contributed by atoms with Crippen LogP contribution in [-0.2, 0) is 6.54 Å². The van der Waals surface area contributed by atoms with Crippen molar-refractivity contribution in [2.45, 2.75) is 6.54 Å². The zero-order valence-electron chi connectivity index (χ0n) is 10.2. The lowest BCUT2D eigenvalue weighted by Gasteiger charge is -2.21. The minimum absolute atomic E-state index is 0.0361. The van der Waals surface area contributed by atoms with Crippen LogP contribution in [0.25, 0.3) is 0 Å². The predicted octanol–water partition coefficient (Wildman–Crippen LogP) is 2.19. The highest BCUT2D eigenvalue weighted by Gasteiger charge is 2.09. The molecule has 5 nitrogen and oxygen atoms in total. The number of benzene rings is 1. The predicted molar refractivity (Wildman–Crippen MR) is 80.6 cm³/mol. The Balaban J connectivity index is 2.89. The van der Waals surface area contributed by atoms with Gasteiger partial charge in [-0.3, -0.25) is 5.41 Å². The standard InChI is InChI=1S/C12H15Cl2N5/c1-2-5-19(12(17)18-11(15)16)7-8-3-4-9(13)10(14)6-8/h2-4,6H,1,5,7H2,(H5,15,16,17,18). The second-order valence-electron chi connectivity index (χ2n) is 3.78. The molecule has 0 heterocycles. The maximum absolute atomic E-state index is 7.80. The van der Waals surface area contributed by atoms with Gasteiger partial charge in [0, 0.05) is 13.1 Å². The van der Waals surface area contributed by atoms with E-state index < -0.39 is 0 Å². The quantitative estimate of drug-likeness (QED) is 0.452. The third kappa shape index (κ3) is 4.81. The summed E-state index contributed by atoms with van der Waals surface area (Å²) >= 11 is 11.8. The van der Waals surface area contributed by atoms with Crippen LogP contribution in [0.5, 0.6) is 0 Å². The molecule has 1 aromatic carbocycles. The minimum Gasteiger partial charge on any atom is -0.370 e. The molecular formula is C12H15Cl2N5. The van der Waals surface area contributed by atoms with Gasteiger partial charge < -0.3 is 16.4 Å². The van der Waals surface area contributed by atoms with E-state index >= 15 is 0 Å². The number of nitrogens with zero attached hydrogens (tertiary/aromatic N) is 2. The number of hydrogen-bond acceptors (Lipinski definition) is 1. The minimum atomic E-state index is -0.159. The summed E-state index contributed by atoms with van der Waals surface area (Å²) in [4.78, 5) is 5.35. The van der Waals surface area contributed by atoms with Gasteiger partial charge in [0.15, 0.2) is 5.96 Å². The third-order valence-corrected chi connectivity index (χ3v) is 2.98. The largest absolute Gasteiger partial charge is 0.370 e. The fraction of sp³-hybridized carbons (Fsp3) is 0.167. The summed E-state index contributed by atoms with van der Waals surface area (Å²) in [6, 6.07) is 5.27. The van der Waals surface area contributed by atoms with Gasteiger partial charge in [-0.05, 0) is 17.7 Å². The Morgan fingerprint density at radius 2 is 2.05 bits per heavy atom. The van der Waals surface area contributed by atoms with Gasteiger partial charge in [-0.15, -0.1) is 6.58 Å². The van der Waals surface area contributed by atoms with Gasteiger partial charge in [-0.2, -0.15) is 4.99 Å². The summed E-state index contributed by atoms with van der Waals surface area (Å²) < 4.78 is 0. The molecule has 0 aliphatic rings. The molecule has 0 aromatic heterocycles. The molecule has 102 valence electrons. The van der Waals surface area contributed by atoms with Crippen LogP contribution < -0.4 is 11.5 Å². The Bertz CT molecular complexity index is 509. The Labute approximate surface area is 122 Å². The van der Waals surface area contributed by atoms with E-state index in [9.17, 15) is 0 Å². The van der Waals surface area contributed by atoms with Gasteiger partial charge >= 0.3 is 0 Å². The second kappa shape index (κ2) is 7.01. The molecule has 0 fully saturated rings. The number of aliphatic imine (C=N–C) groups is 1. The van der Waals surface area contributed by atoms with Crippen LogP contribution in [0.1, 0.15) is 5.56 Å². The maximum Gasteiger partial charge on any atom is 0.221 e. The van der Waals surface area contributed by atoms with Gasteiger partial charge in [-0.25, -0.2) is 0 Å². The zero-order chi connectivity index (χ0) is 14.4. The van der Waals surface area contributed by atoms with E-state index in [1.807, 2.05) is 6.07 Å². The Kier molecular flexibility index (Phi) is 5.66. The zero-order valence-corrected chi connectivity index (χ0v) is 11.7. The Morgan fingerprint density at radius 1 is 1.37 bits per heavy atom. The van der Waals surface area contributed by atoms with E-state index in [4.69, 9.17) is 40.1 Å². The van der Waals surface area contributed by atoms with Crippen LogP contribution in [-0.4, -0.2) is 23.4 Å². The number of nitrogens with two attached hydrogens (primary N) is 2. The molecule has 7 heteroatoms. The average Bonchev–Trinajstić information content (AvgIpc) is 2.32. The van der Waals surface area contributed by atoms with Crippen molar-refractivity contribution >= 4 is 35.1 Å². The summed E-state index contributed by atoms with van der Waals surface area (Å²) in [5, 5.41) is 8.75. The molecule has 5 N–H and O–H groups in total. The van der Waals surface area contributed by atoms with Crippen LogP contribution in [0.2, 0.25) is 10.0 Å². The number of nitrogens with one attached hydrogen (secondary N) is 1. The van der Waals surface area contributed by atoms with E-state index in [-0.39, 0.29) is 11.9 Å². The van der Waals surface area contributed by atoms with Gasteiger partial charge in [-0.1, -0.05) is 35.3 Å². The van der Waals surface area contributed by atoms with Crippen LogP contribution in [0.4, 0.5) is 0 Å². The summed E-state index contributed by atoms with van der Waals surface area (Å²) in [5.41, 5.74) is 11.4. The number of hydrogen-bond donors (Lipinski definition) is 3. The summed E-state index contributed by atoms with van der Waals surface area (Å²) in [6.07, 6.45) is 1.66. The third-order valence-electron chi connectivity index (χ3n) is 2.24. The Hall–Kier alpha value is -1.72. The number of guanidine groups is 2. The lowest BCUT2D eigenvalue weighted by Crippen LogP contribution is -2.33. The molecule has 0 aliphatic carbocycles. The molecule has 0 aliphatic heterocycles. The van der Waals surface area contributed by atoms with Crippen molar-refractivity contribution < 1.29 is 0 Å². The van der Waals surface area contributed by atoms with Crippen molar-refractivity contribution in [1.82, 2.24) is 4.90 Å². The first-order chi connectivity index (χ1) is 8.93. The number of halogens is 2. The lowest BCUT2D eigenvalue weighted by atomic mass is 10.2. The molecule has 1 rings (SSSR count). The van der Waals surface area contributed by atoms with Gasteiger partial charge in [0.1, 0.15) is 0 Å². The summed E-state index contributed by atoms with van der Waals surface area (Å²) in [7, 11) is 0. The molecular weight excluding hydrogens is 285 g/mol. The molecule has 0 unspecified atom stereocenters. The smallest absolute Gasteiger partial charge is 0.221 e. The van der Waals surface area contributed by atoms with Gasteiger partial charge in [0.2, 0.25) is 5.96 Å². The molecule has 0 spiro atoms. The highest BCUT2D eigenvalue weighted by atomic mass is 35.5. The number of rotatable bonds is 4. The maximum atomic E-state index is 7.80. The van der Waals surface area contributed by atoms with Crippen molar-refractivity contribution in [3.8, 4) is 0 Å². The molecule has 19 heavy (non-hydrogen) atoms. The van der Waals surface area contributed by atoms with E-state index in [2.05, 4.69) is 11.6 Å². The lowest BCUT2D eigenvalue weighted by molar-refractivity contribution is 0.448. The van der Waals surface area contributed by atoms with Crippen LogP contribution in [0, 0.1) is 5.41 Å². The second-order valence-corrected chi connectivity index (χ2v) is 4.59. The molecule has 0 atom stereocenters. The van der Waals surface area contributed by atoms with Crippen molar-refractivity contribution in [2.75, 3.05) is 6.54 Å². The molecule has 1 aromatic rings. The first-order valence-electron chi connectivity index (χ1n) is 5.42. The normalized spacial score (nSPS) is 9.79. The molecule has 0 radical (unpaired) electrons.